The van der Waals surface area contributed by atoms with Gasteiger partial charge in [0.2, 0.25) is 0 Å². The van der Waals surface area contributed by atoms with Gasteiger partial charge in [-0.25, -0.2) is 0 Å². The molecule has 1 nitrogen and oxygen atoms in total. The van der Waals surface area contributed by atoms with Crippen LogP contribution in [0.25, 0.3) is 0 Å². The third kappa shape index (κ3) is 4.24. The quantitative estimate of drug-likeness (QED) is 0.348. The second-order valence-electron chi connectivity index (χ2n) is 6.32. The van der Waals surface area contributed by atoms with E-state index in [1.54, 1.807) is 0 Å². The molecule has 0 N–H and O–H groups in total. The number of hydrogen-bond acceptors (Lipinski definition) is 1. The zero-order valence-corrected chi connectivity index (χ0v) is 16.0. The van der Waals surface area contributed by atoms with Crippen molar-refractivity contribution in [1.29, 1.82) is 0 Å². The Balaban J connectivity index is 1.64. The van der Waals surface area contributed by atoms with Crippen molar-refractivity contribution in [2.75, 3.05) is 0 Å². The second-order valence-corrected chi connectivity index (χ2v) is 8.35. The standard InChI is InChI=1S/C25H21OS/c1-20-12-14-21(15-13-20)26-22-16-18-25(19-17-22)27(23-8-4-2-5-9-23)24-10-6-3-7-11-24/h2-19H,1H3/q+1. The van der Waals surface area contributed by atoms with Gasteiger partial charge in [0.15, 0.2) is 14.7 Å². The zero-order valence-electron chi connectivity index (χ0n) is 15.2. The molecule has 0 bridgehead atoms. The van der Waals surface area contributed by atoms with E-state index in [0.29, 0.717) is 0 Å². The van der Waals surface area contributed by atoms with E-state index >= 15 is 0 Å². The first-order valence-corrected chi connectivity index (χ1v) is 10.2. The summed E-state index contributed by atoms with van der Waals surface area (Å²) in [5.41, 5.74) is 1.23. The summed E-state index contributed by atoms with van der Waals surface area (Å²) in [6.07, 6.45) is 0. The first-order chi connectivity index (χ1) is 13.3. The molecule has 0 radical (unpaired) electrons. The molecular formula is C25H21OS+. The van der Waals surface area contributed by atoms with Crippen molar-refractivity contribution >= 4 is 10.9 Å². The molecule has 0 aliphatic rings. The monoisotopic (exact) mass is 369 g/mol. The van der Waals surface area contributed by atoms with E-state index in [2.05, 4.69) is 104 Å². The second kappa shape index (κ2) is 8.15. The lowest BCUT2D eigenvalue weighted by Gasteiger charge is -2.09. The molecule has 0 heterocycles. The third-order valence-corrected chi connectivity index (χ3v) is 6.50. The molecule has 0 saturated heterocycles. The van der Waals surface area contributed by atoms with Crippen LogP contribution in [-0.4, -0.2) is 0 Å². The van der Waals surface area contributed by atoms with E-state index in [4.69, 9.17) is 4.74 Å². The minimum Gasteiger partial charge on any atom is -0.457 e. The van der Waals surface area contributed by atoms with Crippen molar-refractivity contribution in [2.45, 2.75) is 21.6 Å². The number of rotatable bonds is 5. The number of benzene rings is 4. The molecule has 0 aliphatic carbocycles. The molecule has 4 rings (SSSR count). The van der Waals surface area contributed by atoms with Gasteiger partial charge in [-0.15, -0.1) is 0 Å². The van der Waals surface area contributed by atoms with Crippen LogP contribution in [0.1, 0.15) is 5.56 Å². The SMILES string of the molecule is Cc1ccc(Oc2ccc([S+](c3ccccc3)c3ccccc3)cc2)cc1. The highest BCUT2D eigenvalue weighted by molar-refractivity contribution is 7.97. The Morgan fingerprint density at radius 2 is 0.889 bits per heavy atom. The summed E-state index contributed by atoms with van der Waals surface area (Å²) in [5, 5.41) is 0. The zero-order chi connectivity index (χ0) is 18.5. The molecular weight excluding hydrogens is 348 g/mol. The maximum atomic E-state index is 5.98. The van der Waals surface area contributed by atoms with Crippen LogP contribution >= 0.6 is 0 Å². The number of aryl methyl sites for hydroxylation is 1. The third-order valence-electron chi connectivity index (χ3n) is 4.27. The summed E-state index contributed by atoms with van der Waals surface area (Å²) in [6, 6.07) is 37.9. The van der Waals surface area contributed by atoms with Crippen LogP contribution in [0.2, 0.25) is 0 Å². The number of hydrogen-bond donors (Lipinski definition) is 0. The minimum atomic E-state index is -0.128. The van der Waals surface area contributed by atoms with Gasteiger partial charge in [-0.3, -0.25) is 0 Å². The minimum absolute atomic E-state index is 0.128. The van der Waals surface area contributed by atoms with Gasteiger partial charge in [-0.05, 0) is 67.6 Å². The van der Waals surface area contributed by atoms with Crippen molar-refractivity contribution in [3.05, 3.63) is 115 Å². The highest BCUT2D eigenvalue weighted by atomic mass is 32.2. The smallest absolute Gasteiger partial charge is 0.166 e. The first-order valence-electron chi connectivity index (χ1n) is 8.98. The topological polar surface area (TPSA) is 9.23 Å². The van der Waals surface area contributed by atoms with E-state index in [9.17, 15) is 0 Å². The fraction of sp³-hybridized carbons (Fsp3) is 0.0400. The first kappa shape index (κ1) is 17.4. The molecule has 0 atom stereocenters. The van der Waals surface area contributed by atoms with Gasteiger partial charge in [-0.2, -0.15) is 0 Å². The van der Waals surface area contributed by atoms with Crippen LogP contribution in [0, 0.1) is 6.92 Å². The molecule has 4 aromatic carbocycles. The van der Waals surface area contributed by atoms with Crippen LogP contribution in [0.15, 0.2) is 124 Å². The molecule has 0 saturated carbocycles. The largest absolute Gasteiger partial charge is 0.457 e. The van der Waals surface area contributed by atoms with Crippen LogP contribution < -0.4 is 4.74 Å². The van der Waals surface area contributed by atoms with Crippen molar-refractivity contribution in [1.82, 2.24) is 0 Å². The van der Waals surface area contributed by atoms with Crippen molar-refractivity contribution < 1.29 is 4.74 Å². The lowest BCUT2D eigenvalue weighted by Crippen LogP contribution is -2.04. The average molecular weight is 370 g/mol. The van der Waals surface area contributed by atoms with E-state index in [0.717, 1.165) is 11.5 Å². The highest BCUT2D eigenvalue weighted by Crippen LogP contribution is 2.32. The summed E-state index contributed by atoms with van der Waals surface area (Å²) in [5.74, 6) is 1.71. The van der Waals surface area contributed by atoms with E-state index in [-0.39, 0.29) is 10.9 Å². The van der Waals surface area contributed by atoms with Gasteiger partial charge in [0.05, 0.1) is 10.9 Å². The molecule has 0 unspecified atom stereocenters. The molecule has 0 spiro atoms. The van der Waals surface area contributed by atoms with Crippen molar-refractivity contribution in [3.63, 3.8) is 0 Å². The summed E-state index contributed by atoms with van der Waals surface area (Å²) < 4.78 is 5.98. The Kier molecular flexibility index (Phi) is 5.27. The number of ether oxygens (including phenoxy) is 1. The Morgan fingerprint density at radius 3 is 1.37 bits per heavy atom. The summed E-state index contributed by atoms with van der Waals surface area (Å²) >= 11 is 0. The van der Waals surface area contributed by atoms with Gasteiger partial charge in [0, 0.05) is 0 Å². The van der Waals surface area contributed by atoms with Gasteiger partial charge in [-0.1, -0.05) is 54.1 Å². The molecule has 132 valence electrons. The molecule has 2 heteroatoms. The molecule has 0 aromatic heterocycles. The molecule has 27 heavy (non-hydrogen) atoms. The maximum absolute atomic E-state index is 5.98. The lowest BCUT2D eigenvalue weighted by molar-refractivity contribution is 0.482. The van der Waals surface area contributed by atoms with Gasteiger partial charge in [0.1, 0.15) is 11.5 Å². The Hall–Kier alpha value is -2.97. The van der Waals surface area contributed by atoms with Gasteiger partial charge in [0.25, 0.3) is 0 Å². The van der Waals surface area contributed by atoms with Crippen LogP contribution in [-0.2, 0) is 10.9 Å². The van der Waals surface area contributed by atoms with E-state index < -0.39 is 0 Å². The Morgan fingerprint density at radius 1 is 0.481 bits per heavy atom. The van der Waals surface area contributed by atoms with Crippen LogP contribution in [0.3, 0.4) is 0 Å². The molecule has 4 aromatic rings. The Bertz CT molecular complexity index is 938. The van der Waals surface area contributed by atoms with Crippen molar-refractivity contribution in [2.24, 2.45) is 0 Å². The normalized spacial score (nSPS) is 10.7. The van der Waals surface area contributed by atoms with Crippen molar-refractivity contribution in [3.8, 4) is 11.5 Å². The highest BCUT2D eigenvalue weighted by Gasteiger charge is 2.28. The van der Waals surface area contributed by atoms with Gasteiger partial charge >= 0.3 is 0 Å². The summed E-state index contributed by atoms with van der Waals surface area (Å²) in [4.78, 5) is 3.91. The predicted molar refractivity (Wildman–Crippen MR) is 113 cm³/mol. The maximum Gasteiger partial charge on any atom is 0.166 e. The van der Waals surface area contributed by atoms with Gasteiger partial charge < -0.3 is 4.74 Å². The fourth-order valence-corrected chi connectivity index (χ4v) is 4.99. The van der Waals surface area contributed by atoms with E-state index in [1.807, 2.05) is 12.1 Å². The average Bonchev–Trinajstić information content (AvgIpc) is 2.73. The summed E-state index contributed by atoms with van der Waals surface area (Å²) in [7, 11) is -0.128. The van der Waals surface area contributed by atoms with Crippen LogP contribution in [0.5, 0.6) is 11.5 Å². The summed E-state index contributed by atoms with van der Waals surface area (Å²) in [6.45, 7) is 2.08. The van der Waals surface area contributed by atoms with Crippen LogP contribution in [0.4, 0.5) is 0 Å². The predicted octanol–water partition coefficient (Wildman–Crippen LogP) is 6.88. The molecule has 0 fully saturated rings. The molecule has 0 aliphatic heterocycles. The molecule has 0 amide bonds. The lowest BCUT2D eigenvalue weighted by atomic mass is 10.2. The van der Waals surface area contributed by atoms with E-state index in [1.165, 1.54) is 20.2 Å². The fourth-order valence-electron chi connectivity index (χ4n) is 2.91. The Labute approximate surface area is 163 Å².